The molecule has 294 valence electrons. The van der Waals surface area contributed by atoms with E-state index in [2.05, 4.69) is 25.4 Å². The molecule has 5 aliphatic rings. The number of carbonyl (C=O) groups excluding carboxylic acids is 5. The van der Waals surface area contributed by atoms with E-state index < -0.39 is 29.7 Å². The number of methoxy groups -OCH3 is 2. The van der Waals surface area contributed by atoms with E-state index in [1.807, 2.05) is 30.5 Å². The molecule has 0 bridgehead atoms. The SMILES string of the molecule is COc1cc(-c2cn(C)c(=O)c3cnccc23)cc(OC)c1CN1CC(CC(=O)N[C@@H]2C[C@@]23CCN(c2ccc4c(c2)C(=O)N(C2CCC(=O)NC2=O)C4=O)C3)C1. The number of hydrogen-bond acceptors (Lipinski definition) is 11. The van der Waals surface area contributed by atoms with Crippen molar-refractivity contribution in [3.05, 3.63) is 82.0 Å². The predicted molar refractivity (Wildman–Crippen MR) is 208 cm³/mol. The lowest BCUT2D eigenvalue weighted by molar-refractivity contribution is -0.136. The Kier molecular flexibility index (Phi) is 8.87. The summed E-state index contributed by atoms with van der Waals surface area (Å²) in [5.41, 5.74) is 3.84. The zero-order valence-corrected chi connectivity index (χ0v) is 32.0. The molecule has 4 aliphatic heterocycles. The van der Waals surface area contributed by atoms with Crippen molar-refractivity contribution in [2.24, 2.45) is 18.4 Å². The number of anilines is 1. The highest BCUT2D eigenvalue weighted by Gasteiger charge is 2.58. The molecule has 1 saturated carbocycles. The van der Waals surface area contributed by atoms with Crippen LogP contribution in [0.25, 0.3) is 21.9 Å². The molecular formula is C42H43N7O8. The van der Waals surface area contributed by atoms with Crippen LogP contribution in [0, 0.1) is 11.3 Å². The number of fused-ring (bicyclic) bond motifs is 2. The second-order valence-corrected chi connectivity index (χ2v) is 16.0. The third-order valence-electron chi connectivity index (χ3n) is 12.5. The highest BCUT2D eigenvalue weighted by Crippen LogP contribution is 2.54. The Hall–Kier alpha value is -6.09. The molecule has 6 heterocycles. The highest BCUT2D eigenvalue weighted by atomic mass is 16.5. The van der Waals surface area contributed by atoms with Crippen LogP contribution >= 0.6 is 0 Å². The number of nitrogens with zero attached hydrogens (tertiary/aromatic N) is 5. The Bertz CT molecular complexity index is 2430. The van der Waals surface area contributed by atoms with Gasteiger partial charge in [-0.2, -0.15) is 0 Å². The maximum Gasteiger partial charge on any atom is 0.262 e. The zero-order valence-electron chi connectivity index (χ0n) is 32.0. The van der Waals surface area contributed by atoms with Crippen LogP contribution in [0.15, 0.2) is 59.8 Å². The van der Waals surface area contributed by atoms with Crippen molar-refractivity contribution in [1.29, 1.82) is 0 Å². The van der Waals surface area contributed by atoms with Gasteiger partial charge in [0.25, 0.3) is 17.4 Å². The third-order valence-corrected chi connectivity index (χ3v) is 12.5. The van der Waals surface area contributed by atoms with Gasteiger partial charge in [-0.15, -0.1) is 0 Å². The maximum absolute atomic E-state index is 13.4. The fourth-order valence-corrected chi connectivity index (χ4v) is 9.29. The van der Waals surface area contributed by atoms with E-state index in [0.717, 1.165) is 71.7 Å². The Morgan fingerprint density at radius 2 is 1.72 bits per heavy atom. The number of hydrogen-bond donors (Lipinski definition) is 2. The molecule has 4 aromatic rings. The molecule has 9 rings (SSSR count). The first kappa shape index (κ1) is 36.5. The Morgan fingerprint density at radius 3 is 2.46 bits per heavy atom. The Labute approximate surface area is 327 Å². The summed E-state index contributed by atoms with van der Waals surface area (Å²) in [7, 11) is 4.99. The molecule has 0 radical (unpaired) electrons. The number of amides is 5. The van der Waals surface area contributed by atoms with Crippen LogP contribution in [0.3, 0.4) is 0 Å². The van der Waals surface area contributed by atoms with E-state index in [9.17, 15) is 28.8 Å². The molecule has 4 fully saturated rings. The van der Waals surface area contributed by atoms with Gasteiger partial charge in [0, 0.05) is 93.9 Å². The number of carbonyl (C=O) groups is 5. The molecule has 2 N–H and O–H groups in total. The summed E-state index contributed by atoms with van der Waals surface area (Å²) in [4.78, 5) is 86.2. The molecule has 3 saturated heterocycles. The zero-order chi connectivity index (χ0) is 39.7. The van der Waals surface area contributed by atoms with E-state index in [1.165, 1.54) is 0 Å². The first-order chi connectivity index (χ1) is 27.5. The first-order valence-corrected chi connectivity index (χ1v) is 19.3. The van der Waals surface area contributed by atoms with Gasteiger partial charge in [0.1, 0.15) is 17.5 Å². The van der Waals surface area contributed by atoms with Gasteiger partial charge in [-0.3, -0.25) is 48.9 Å². The van der Waals surface area contributed by atoms with E-state index in [1.54, 1.807) is 50.4 Å². The summed E-state index contributed by atoms with van der Waals surface area (Å²) in [6.45, 7) is 3.62. The van der Waals surface area contributed by atoms with Gasteiger partial charge in [0.05, 0.1) is 36.3 Å². The number of ether oxygens (including phenoxy) is 2. The number of benzene rings is 2. The molecule has 57 heavy (non-hydrogen) atoms. The standard InChI is InChI=1S/C42H43N7O8/c1-46-20-30(26-8-10-43-17-29(26)39(46)53)24-13-33(56-2)31(34(14-24)57-3)21-47-18-23(19-47)12-37(51)44-35-16-42(35)9-11-48(22-42)25-4-5-27-28(15-25)41(55)49(40(27)54)32-6-7-36(50)45-38(32)52/h4-5,8,10,13-15,17,20,23,32,35H,6-7,9,11-12,16,18-19,21-22H2,1-3H3,(H,44,51)(H,45,50,52)/t32?,35-,42-/m1/s1. The molecule has 5 amide bonds. The smallest absolute Gasteiger partial charge is 0.262 e. The van der Waals surface area contributed by atoms with Gasteiger partial charge in [-0.1, -0.05) is 0 Å². The van der Waals surface area contributed by atoms with Gasteiger partial charge < -0.3 is 24.3 Å². The molecule has 1 unspecified atom stereocenters. The maximum atomic E-state index is 13.4. The lowest BCUT2D eigenvalue weighted by Crippen LogP contribution is -2.54. The van der Waals surface area contributed by atoms with E-state index >= 15 is 0 Å². The van der Waals surface area contributed by atoms with Gasteiger partial charge in [0.2, 0.25) is 17.7 Å². The van der Waals surface area contributed by atoms with Crippen LogP contribution in [-0.4, -0.2) is 101 Å². The second-order valence-electron chi connectivity index (χ2n) is 16.0. The number of rotatable bonds is 10. The molecule has 2 aromatic carbocycles. The van der Waals surface area contributed by atoms with Crippen LogP contribution < -0.4 is 30.6 Å². The number of imide groups is 2. The summed E-state index contributed by atoms with van der Waals surface area (Å²) in [5, 5.41) is 6.85. The fourth-order valence-electron chi connectivity index (χ4n) is 9.29. The number of nitrogens with one attached hydrogen (secondary N) is 2. The van der Waals surface area contributed by atoms with E-state index in [0.29, 0.717) is 29.9 Å². The lowest BCUT2D eigenvalue weighted by atomic mass is 9.94. The Morgan fingerprint density at radius 1 is 0.965 bits per heavy atom. The Balaban J connectivity index is 0.789. The molecule has 15 heteroatoms. The van der Waals surface area contributed by atoms with Crippen molar-refractivity contribution in [3.63, 3.8) is 0 Å². The topological polar surface area (TPSA) is 172 Å². The molecule has 15 nitrogen and oxygen atoms in total. The summed E-state index contributed by atoms with van der Waals surface area (Å²) < 4.78 is 13.3. The van der Waals surface area contributed by atoms with Crippen molar-refractivity contribution in [1.82, 2.24) is 30.0 Å². The van der Waals surface area contributed by atoms with E-state index in [-0.39, 0.29) is 52.8 Å². The van der Waals surface area contributed by atoms with Crippen LogP contribution in [0.2, 0.25) is 0 Å². The highest BCUT2D eigenvalue weighted by molar-refractivity contribution is 6.23. The summed E-state index contributed by atoms with van der Waals surface area (Å²) >= 11 is 0. The predicted octanol–water partition coefficient (Wildman–Crippen LogP) is 2.63. The molecule has 1 spiro atoms. The first-order valence-electron chi connectivity index (χ1n) is 19.3. The van der Waals surface area contributed by atoms with Crippen molar-refractivity contribution < 1.29 is 33.4 Å². The summed E-state index contributed by atoms with van der Waals surface area (Å²) in [6.07, 6.45) is 7.50. The van der Waals surface area contributed by atoms with Gasteiger partial charge in [-0.25, -0.2) is 0 Å². The molecule has 2 aromatic heterocycles. The number of aryl methyl sites for hydroxylation is 1. The summed E-state index contributed by atoms with van der Waals surface area (Å²) in [6, 6.07) is 10.1. The minimum absolute atomic E-state index is 0.0320. The van der Waals surface area contributed by atoms with Crippen molar-refractivity contribution in [3.8, 4) is 22.6 Å². The van der Waals surface area contributed by atoms with Gasteiger partial charge in [0.15, 0.2) is 0 Å². The largest absolute Gasteiger partial charge is 0.496 e. The van der Waals surface area contributed by atoms with Crippen LogP contribution in [0.4, 0.5) is 5.69 Å². The normalized spacial score (nSPS) is 23.2. The van der Waals surface area contributed by atoms with Crippen LogP contribution in [-0.2, 0) is 28.0 Å². The van der Waals surface area contributed by atoms with Gasteiger partial charge >= 0.3 is 0 Å². The van der Waals surface area contributed by atoms with Gasteiger partial charge in [-0.05, 0) is 72.5 Å². The van der Waals surface area contributed by atoms with Crippen LogP contribution in [0.5, 0.6) is 11.5 Å². The summed E-state index contributed by atoms with van der Waals surface area (Å²) in [5.74, 6) is -0.438. The van der Waals surface area contributed by atoms with Crippen LogP contribution in [0.1, 0.15) is 58.4 Å². The van der Waals surface area contributed by atoms with Crippen molar-refractivity contribution in [2.75, 3.05) is 45.3 Å². The quantitative estimate of drug-likeness (QED) is 0.227. The average Bonchev–Trinajstić information content (AvgIpc) is 3.54. The average molecular weight is 774 g/mol. The third kappa shape index (κ3) is 6.29. The van der Waals surface area contributed by atoms with Crippen molar-refractivity contribution in [2.45, 2.75) is 50.7 Å². The van der Waals surface area contributed by atoms with E-state index in [4.69, 9.17) is 9.47 Å². The monoisotopic (exact) mass is 773 g/mol. The minimum Gasteiger partial charge on any atom is -0.496 e. The lowest BCUT2D eigenvalue weighted by Gasteiger charge is -2.39. The minimum atomic E-state index is -1.00. The molecule has 3 atom stereocenters. The molecule has 1 aliphatic carbocycles. The number of piperidine rings is 1. The molecular weight excluding hydrogens is 731 g/mol. The fraction of sp³-hybridized carbons (Fsp3) is 0.405. The van der Waals surface area contributed by atoms with Crippen molar-refractivity contribution >= 4 is 46.0 Å². The number of likely N-dealkylation sites (tertiary alicyclic amines) is 1. The number of aromatic nitrogens is 2. The number of pyridine rings is 2. The second kappa shape index (κ2) is 13.8.